The summed E-state index contributed by atoms with van der Waals surface area (Å²) in [5.41, 5.74) is -0.787. The van der Waals surface area contributed by atoms with Crippen molar-refractivity contribution < 1.29 is 38.4 Å². The summed E-state index contributed by atoms with van der Waals surface area (Å²) in [7, 11) is 0. The summed E-state index contributed by atoms with van der Waals surface area (Å²) >= 11 is 1.24. The van der Waals surface area contributed by atoms with Gasteiger partial charge < -0.3 is 24.1 Å². The van der Waals surface area contributed by atoms with Crippen molar-refractivity contribution in [1.29, 1.82) is 0 Å². The lowest BCUT2D eigenvalue weighted by atomic mass is 9.99. The Hall–Kier alpha value is -2.10. The largest absolute Gasteiger partial charge is 0.456 e. The molecule has 0 spiro atoms. The van der Waals surface area contributed by atoms with E-state index in [1.54, 1.807) is 0 Å². The summed E-state index contributed by atoms with van der Waals surface area (Å²) in [6.07, 6.45) is -4.23. The Morgan fingerprint density at radius 2 is 1.44 bits per heavy atom. The quantitative estimate of drug-likeness (QED) is 0.560. The molecule has 8 nitrogen and oxygen atoms in total. The zero-order valence-corrected chi connectivity index (χ0v) is 16.0. The van der Waals surface area contributed by atoms with Gasteiger partial charge in [-0.25, -0.2) is 0 Å². The van der Waals surface area contributed by atoms with Gasteiger partial charge in [-0.1, -0.05) is 30.0 Å². The van der Waals surface area contributed by atoms with E-state index >= 15 is 0 Å². The fourth-order valence-electron chi connectivity index (χ4n) is 2.73. The highest BCUT2D eigenvalue weighted by Crippen LogP contribution is 2.37. The molecule has 27 heavy (non-hydrogen) atoms. The number of thioether (sulfide) groups is 1. The molecule has 1 saturated heterocycles. The summed E-state index contributed by atoms with van der Waals surface area (Å²) in [4.78, 5) is 35.6. The second-order valence-corrected chi connectivity index (χ2v) is 7.05. The fourth-order valence-corrected chi connectivity index (χ4v) is 3.86. The van der Waals surface area contributed by atoms with E-state index in [0.29, 0.717) is 0 Å². The number of esters is 3. The van der Waals surface area contributed by atoms with Crippen molar-refractivity contribution in [2.45, 2.75) is 55.5 Å². The second kappa shape index (κ2) is 9.72. The molecule has 5 atom stereocenters. The van der Waals surface area contributed by atoms with Crippen LogP contribution in [0.5, 0.6) is 0 Å². The van der Waals surface area contributed by atoms with Gasteiger partial charge in [0.2, 0.25) is 0 Å². The first-order valence-electron chi connectivity index (χ1n) is 8.31. The van der Waals surface area contributed by atoms with E-state index in [1.807, 2.05) is 30.3 Å². The molecule has 0 aromatic heterocycles. The highest BCUT2D eigenvalue weighted by Gasteiger charge is 2.51. The minimum absolute atomic E-state index is 0.478. The number of hydrogen-bond acceptors (Lipinski definition) is 9. The van der Waals surface area contributed by atoms with Crippen molar-refractivity contribution >= 4 is 29.7 Å². The molecule has 1 aliphatic heterocycles. The maximum Gasteiger partial charge on any atom is 0.303 e. The van der Waals surface area contributed by atoms with Crippen LogP contribution in [0.3, 0.4) is 0 Å². The van der Waals surface area contributed by atoms with Gasteiger partial charge in [-0.2, -0.15) is 0 Å². The molecule has 1 N–H and O–H groups in total. The molecular weight excluding hydrogens is 376 g/mol. The topological polar surface area (TPSA) is 108 Å². The number of ether oxygens (including phenoxy) is 4. The van der Waals surface area contributed by atoms with Gasteiger partial charge in [0.1, 0.15) is 11.5 Å². The standard InChI is InChI=1S/C18H22O8S/c1-10(20)23-15-14(9-19)26-18(27-13-7-5-4-6-8-13)17(25-12(3)22)16(15)24-11(2)21/h4-8,14-19H,9H2,1-3H3. The molecule has 2 rings (SSSR count). The van der Waals surface area contributed by atoms with Gasteiger partial charge in [0.05, 0.1) is 6.61 Å². The van der Waals surface area contributed by atoms with E-state index in [0.717, 1.165) is 4.90 Å². The highest BCUT2D eigenvalue weighted by molar-refractivity contribution is 7.99. The Balaban J connectivity index is 2.38. The summed E-state index contributed by atoms with van der Waals surface area (Å²) in [5.74, 6) is -1.89. The van der Waals surface area contributed by atoms with Gasteiger partial charge in [-0.3, -0.25) is 14.4 Å². The molecule has 9 heteroatoms. The predicted octanol–water partition coefficient (Wildman–Crippen LogP) is 1.29. The minimum Gasteiger partial charge on any atom is -0.456 e. The fraction of sp³-hybridized carbons (Fsp3) is 0.500. The van der Waals surface area contributed by atoms with Crippen molar-refractivity contribution in [3.05, 3.63) is 30.3 Å². The molecule has 0 aliphatic carbocycles. The van der Waals surface area contributed by atoms with E-state index in [9.17, 15) is 19.5 Å². The molecule has 1 aromatic rings. The van der Waals surface area contributed by atoms with Crippen molar-refractivity contribution in [2.24, 2.45) is 0 Å². The number of benzene rings is 1. The normalized spacial score (nSPS) is 27.5. The van der Waals surface area contributed by atoms with Gasteiger partial charge >= 0.3 is 17.9 Å². The number of rotatable bonds is 6. The molecule has 1 aromatic carbocycles. The van der Waals surface area contributed by atoms with Crippen LogP contribution in [0, 0.1) is 0 Å². The Kier molecular flexibility index (Phi) is 7.64. The van der Waals surface area contributed by atoms with Gasteiger partial charge in [-0.15, -0.1) is 0 Å². The van der Waals surface area contributed by atoms with Crippen LogP contribution in [0.2, 0.25) is 0 Å². The Morgan fingerprint density at radius 1 is 0.926 bits per heavy atom. The van der Waals surface area contributed by atoms with Crippen LogP contribution < -0.4 is 0 Å². The van der Waals surface area contributed by atoms with Crippen LogP contribution >= 0.6 is 11.8 Å². The molecule has 0 amide bonds. The third-order valence-corrected chi connectivity index (χ3v) is 4.83. The van der Waals surface area contributed by atoms with Crippen LogP contribution in [-0.2, 0) is 33.3 Å². The second-order valence-electron chi connectivity index (χ2n) is 5.88. The van der Waals surface area contributed by atoms with Gasteiger partial charge in [0.15, 0.2) is 18.3 Å². The lowest BCUT2D eigenvalue weighted by molar-refractivity contribution is -0.236. The Morgan fingerprint density at radius 3 is 1.96 bits per heavy atom. The maximum absolute atomic E-state index is 11.6. The molecule has 1 fully saturated rings. The van der Waals surface area contributed by atoms with E-state index in [-0.39, 0.29) is 0 Å². The van der Waals surface area contributed by atoms with Gasteiger partial charge in [-0.05, 0) is 12.1 Å². The Labute approximate surface area is 161 Å². The van der Waals surface area contributed by atoms with Crippen molar-refractivity contribution in [3.8, 4) is 0 Å². The molecule has 1 aliphatic rings. The molecule has 0 saturated carbocycles. The first-order chi connectivity index (χ1) is 12.8. The van der Waals surface area contributed by atoms with Crippen molar-refractivity contribution in [3.63, 3.8) is 0 Å². The number of aliphatic hydroxyl groups excluding tert-OH is 1. The van der Waals surface area contributed by atoms with Crippen LogP contribution in [-0.4, -0.2) is 59.5 Å². The van der Waals surface area contributed by atoms with Gasteiger partial charge in [0, 0.05) is 25.7 Å². The molecular formula is C18H22O8S. The lowest BCUT2D eigenvalue weighted by Crippen LogP contribution is -2.61. The number of aliphatic hydroxyl groups is 1. The SMILES string of the molecule is CC(=O)OC1C(CO)OC(Sc2ccccc2)C(OC(C)=O)C1OC(C)=O. The average molecular weight is 398 g/mol. The van der Waals surface area contributed by atoms with E-state index < -0.39 is 54.4 Å². The minimum atomic E-state index is -1.12. The highest BCUT2D eigenvalue weighted by atomic mass is 32.2. The summed E-state index contributed by atoms with van der Waals surface area (Å²) in [5, 5.41) is 9.70. The zero-order valence-electron chi connectivity index (χ0n) is 15.2. The smallest absolute Gasteiger partial charge is 0.303 e. The van der Waals surface area contributed by atoms with E-state index in [1.165, 1.54) is 32.5 Å². The molecule has 5 unspecified atom stereocenters. The number of carbonyl (C=O) groups excluding carboxylic acids is 3. The number of hydrogen-bond donors (Lipinski definition) is 1. The number of carbonyl (C=O) groups is 3. The first kappa shape index (κ1) is 21.2. The molecule has 1 heterocycles. The monoisotopic (exact) mass is 398 g/mol. The third-order valence-electron chi connectivity index (χ3n) is 3.67. The third kappa shape index (κ3) is 5.95. The van der Waals surface area contributed by atoms with Crippen LogP contribution in [0.4, 0.5) is 0 Å². The first-order valence-corrected chi connectivity index (χ1v) is 9.19. The maximum atomic E-state index is 11.6. The molecule has 0 radical (unpaired) electrons. The van der Waals surface area contributed by atoms with Crippen LogP contribution in [0.25, 0.3) is 0 Å². The van der Waals surface area contributed by atoms with Crippen LogP contribution in [0.1, 0.15) is 20.8 Å². The predicted molar refractivity (Wildman–Crippen MR) is 94.7 cm³/mol. The summed E-state index contributed by atoms with van der Waals surface area (Å²) in [6, 6.07) is 9.20. The molecule has 148 valence electrons. The summed E-state index contributed by atoms with van der Waals surface area (Å²) in [6.45, 7) is 3.12. The van der Waals surface area contributed by atoms with Crippen molar-refractivity contribution in [1.82, 2.24) is 0 Å². The molecule has 0 bridgehead atoms. The Bertz CT molecular complexity index is 665. The summed E-state index contributed by atoms with van der Waals surface area (Å²) < 4.78 is 21.7. The van der Waals surface area contributed by atoms with Gasteiger partial charge in [0.25, 0.3) is 0 Å². The van der Waals surface area contributed by atoms with Crippen LogP contribution in [0.15, 0.2) is 35.2 Å². The van der Waals surface area contributed by atoms with E-state index in [4.69, 9.17) is 18.9 Å². The lowest BCUT2D eigenvalue weighted by Gasteiger charge is -2.43. The average Bonchev–Trinajstić information content (AvgIpc) is 2.59. The zero-order chi connectivity index (χ0) is 20.0. The van der Waals surface area contributed by atoms with Crippen molar-refractivity contribution in [2.75, 3.05) is 6.61 Å². The van der Waals surface area contributed by atoms with E-state index in [2.05, 4.69) is 0 Å².